The van der Waals surface area contributed by atoms with Gasteiger partial charge in [-0.3, -0.25) is 14.3 Å². The Morgan fingerprint density at radius 1 is 1.07 bits per heavy atom. The maximum atomic E-state index is 12.8. The molecule has 0 bridgehead atoms. The highest BCUT2D eigenvalue weighted by Gasteiger charge is 2.19. The van der Waals surface area contributed by atoms with Crippen LogP contribution in [0.1, 0.15) is 27.3 Å². The number of aryl methyl sites for hydroxylation is 1. The van der Waals surface area contributed by atoms with E-state index in [1.54, 1.807) is 12.4 Å². The highest BCUT2D eigenvalue weighted by atomic mass is 32.2. The van der Waals surface area contributed by atoms with Crippen LogP contribution in [0.5, 0.6) is 0 Å². The minimum absolute atomic E-state index is 0.0957. The van der Waals surface area contributed by atoms with Gasteiger partial charge in [-0.25, -0.2) is 0 Å². The number of carbonyl (C=O) groups is 1. The van der Waals surface area contributed by atoms with E-state index < -0.39 is 0 Å². The van der Waals surface area contributed by atoms with Crippen LogP contribution in [-0.2, 0) is 13.6 Å². The monoisotopic (exact) mass is 417 g/mol. The van der Waals surface area contributed by atoms with Gasteiger partial charge in [0.1, 0.15) is 0 Å². The van der Waals surface area contributed by atoms with Crippen molar-refractivity contribution in [2.75, 3.05) is 5.75 Å². The Morgan fingerprint density at radius 2 is 1.87 bits per heavy atom. The number of nitrogens with zero attached hydrogens (tertiary/aromatic N) is 5. The normalized spacial score (nSPS) is 11.0. The summed E-state index contributed by atoms with van der Waals surface area (Å²) >= 11 is 1.42. The first-order valence-electron chi connectivity index (χ1n) is 9.71. The highest BCUT2D eigenvalue weighted by Crippen LogP contribution is 2.26. The van der Waals surface area contributed by atoms with E-state index in [2.05, 4.69) is 27.3 Å². The second-order valence-corrected chi connectivity index (χ2v) is 8.12. The molecule has 4 aromatic rings. The Labute approximate surface area is 180 Å². The average Bonchev–Trinajstić information content (AvgIpc) is 3.29. The lowest BCUT2D eigenvalue weighted by atomic mass is 10.2. The van der Waals surface area contributed by atoms with E-state index in [9.17, 15) is 4.79 Å². The fourth-order valence-electron chi connectivity index (χ4n) is 3.36. The largest absolute Gasteiger partial charge is 0.351 e. The predicted molar refractivity (Wildman–Crippen MR) is 119 cm³/mol. The molecule has 0 radical (unpaired) electrons. The molecule has 1 aromatic carbocycles. The quantitative estimate of drug-likeness (QED) is 0.331. The van der Waals surface area contributed by atoms with Crippen LogP contribution < -0.4 is 0 Å². The molecule has 3 heterocycles. The number of pyridine rings is 1. The topological polar surface area (TPSA) is 65.6 Å². The third-order valence-corrected chi connectivity index (χ3v) is 6.19. The lowest BCUT2D eigenvalue weighted by Gasteiger charge is -2.10. The minimum atomic E-state index is 0.0957. The van der Waals surface area contributed by atoms with Gasteiger partial charge >= 0.3 is 0 Å². The molecule has 0 spiro atoms. The van der Waals surface area contributed by atoms with E-state index in [1.165, 1.54) is 11.8 Å². The van der Waals surface area contributed by atoms with Crippen LogP contribution in [-0.4, -0.2) is 35.9 Å². The molecule has 0 atom stereocenters. The van der Waals surface area contributed by atoms with Gasteiger partial charge in [0.05, 0.1) is 12.3 Å². The molecule has 0 saturated heterocycles. The number of carbonyl (C=O) groups excluding carboxylic acids is 1. The van der Waals surface area contributed by atoms with Crippen molar-refractivity contribution in [2.24, 2.45) is 7.05 Å². The predicted octanol–water partition coefficient (Wildman–Crippen LogP) is 4.32. The van der Waals surface area contributed by atoms with Crippen LogP contribution >= 0.6 is 11.8 Å². The van der Waals surface area contributed by atoms with Gasteiger partial charge in [-0.15, -0.1) is 10.2 Å². The number of Topliss-reactive ketones (excluding diaryl/α,β-unsaturated/α-hetero) is 1. The zero-order valence-electron chi connectivity index (χ0n) is 17.2. The molecule has 0 N–H and O–H groups in total. The number of thioether (sulfide) groups is 1. The summed E-state index contributed by atoms with van der Waals surface area (Å²) in [6.45, 7) is 4.61. The summed E-state index contributed by atoms with van der Waals surface area (Å²) in [5, 5.41) is 9.51. The molecule has 30 heavy (non-hydrogen) atoms. The molecule has 6 nitrogen and oxygen atoms in total. The molecular weight excluding hydrogens is 394 g/mol. The van der Waals surface area contributed by atoms with E-state index in [0.29, 0.717) is 12.3 Å². The summed E-state index contributed by atoms with van der Waals surface area (Å²) in [6, 6.07) is 16.0. The zero-order valence-corrected chi connectivity index (χ0v) is 18.1. The molecule has 4 rings (SSSR count). The Kier molecular flexibility index (Phi) is 5.81. The van der Waals surface area contributed by atoms with Crippen molar-refractivity contribution in [2.45, 2.75) is 25.5 Å². The third kappa shape index (κ3) is 4.07. The summed E-state index contributed by atoms with van der Waals surface area (Å²) in [6.07, 6.45) is 3.52. The fraction of sp³-hybridized carbons (Fsp3) is 0.217. The number of hydrogen-bond donors (Lipinski definition) is 0. The maximum Gasteiger partial charge on any atom is 0.192 e. The minimum Gasteiger partial charge on any atom is -0.351 e. The fourth-order valence-corrected chi connectivity index (χ4v) is 4.18. The van der Waals surface area contributed by atoms with Crippen molar-refractivity contribution in [1.29, 1.82) is 0 Å². The smallest absolute Gasteiger partial charge is 0.192 e. The molecule has 3 aromatic heterocycles. The van der Waals surface area contributed by atoms with Crippen LogP contribution in [0, 0.1) is 13.8 Å². The number of hydrogen-bond acceptors (Lipinski definition) is 5. The molecule has 7 heteroatoms. The van der Waals surface area contributed by atoms with E-state index >= 15 is 0 Å². The Hall–Kier alpha value is -3.19. The molecule has 0 fully saturated rings. The van der Waals surface area contributed by atoms with E-state index in [1.807, 2.05) is 66.4 Å². The molecule has 0 aliphatic heterocycles. The van der Waals surface area contributed by atoms with Gasteiger partial charge in [-0.1, -0.05) is 42.1 Å². The maximum absolute atomic E-state index is 12.8. The molecular formula is C23H23N5OS. The van der Waals surface area contributed by atoms with Gasteiger partial charge in [0.25, 0.3) is 0 Å². The number of ketones is 1. The van der Waals surface area contributed by atoms with Crippen molar-refractivity contribution < 1.29 is 4.79 Å². The first-order valence-corrected chi connectivity index (χ1v) is 10.7. The van der Waals surface area contributed by atoms with Crippen LogP contribution in [0.2, 0.25) is 0 Å². The van der Waals surface area contributed by atoms with Crippen molar-refractivity contribution in [3.8, 4) is 11.4 Å². The molecule has 0 amide bonds. The van der Waals surface area contributed by atoms with Crippen molar-refractivity contribution in [3.05, 3.63) is 83.4 Å². The summed E-state index contributed by atoms with van der Waals surface area (Å²) in [7, 11) is 1.98. The number of aromatic nitrogens is 5. The first kappa shape index (κ1) is 20.1. The van der Waals surface area contributed by atoms with Crippen molar-refractivity contribution in [3.63, 3.8) is 0 Å². The lowest BCUT2D eigenvalue weighted by Crippen LogP contribution is -2.08. The van der Waals surface area contributed by atoms with Gasteiger partial charge in [-0.05, 0) is 37.6 Å². The van der Waals surface area contributed by atoms with Gasteiger partial charge in [-0.2, -0.15) is 0 Å². The second kappa shape index (κ2) is 8.67. The molecule has 0 aliphatic carbocycles. The Morgan fingerprint density at radius 3 is 2.53 bits per heavy atom. The van der Waals surface area contributed by atoms with Gasteiger partial charge in [0.15, 0.2) is 16.8 Å². The van der Waals surface area contributed by atoms with E-state index in [0.717, 1.165) is 39.1 Å². The number of benzene rings is 1. The van der Waals surface area contributed by atoms with Crippen molar-refractivity contribution in [1.82, 2.24) is 24.3 Å². The van der Waals surface area contributed by atoms with Crippen molar-refractivity contribution >= 4 is 17.5 Å². The van der Waals surface area contributed by atoms with Crippen LogP contribution in [0.25, 0.3) is 11.4 Å². The van der Waals surface area contributed by atoms with Crippen LogP contribution in [0.3, 0.4) is 0 Å². The van der Waals surface area contributed by atoms with Gasteiger partial charge in [0.2, 0.25) is 0 Å². The molecule has 0 unspecified atom stereocenters. The van der Waals surface area contributed by atoms with Crippen LogP contribution in [0.4, 0.5) is 0 Å². The molecule has 0 saturated carbocycles. The third-order valence-electron chi connectivity index (χ3n) is 5.23. The van der Waals surface area contributed by atoms with Gasteiger partial charge < -0.3 is 4.57 Å². The molecule has 152 valence electrons. The Balaban J connectivity index is 1.61. The summed E-state index contributed by atoms with van der Waals surface area (Å²) in [5.41, 5.74) is 4.87. The van der Waals surface area contributed by atoms with Crippen LogP contribution in [0.15, 0.2) is 66.1 Å². The lowest BCUT2D eigenvalue weighted by molar-refractivity contribution is 0.102. The Bertz CT molecular complexity index is 1170. The average molecular weight is 418 g/mol. The SMILES string of the molecule is Cc1cc(C(=O)CSc2nnc(-c3cccnc3)n2Cc2ccccc2)c(C)n1C. The standard InChI is InChI=1S/C23H23N5OS/c1-16-12-20(17(2)27(16)3)21(29)15-30-23-26-25-22(19-10-7-11-24-13-19)28(23)14-18-8-5-4-6-9-18/h4-13H,14-15H2,1-3H3. The zero-order chi connectivity index (χ0) is 21.1. The highest BCUT2D eigenvalue weighted by molar-refractivity contribution is 7.99. The van der Waals surface area contributed by atoms with E-state index in [4.69, 9.17) is 0 Å². The van der Waals surface area contributed by atoms with E-state index in [-0.39, 0.29) is 5.78 Å². The summed E-state index contributed by atoms with van der Waals surface area (Å²) < 4.78 is 4.09. The summed E-state index contributed by atoms with van der Waals surface area (Å²) in [4.78, 5) is 17.1. The number of rotatable bonds is 7. The van der Waals surface area contributed by atoms with Gasteiger partial charge in [0, 0.05) is 42.0 Å². The molecule has 0 aliphatic rings. The second-order valence-electron chi connectivity index (χ2n) is 7.18. The summed E-state index contributed by atoms with van der Waals surface area (Å²) in [5.74, 6) is 1.15. The first-order chi connectivity index (χ1) is 14.5.